The summed E-state index contributed by atoms with van der Waals surface area (Å²) in [4.78, 5) is 39.9. The highest BCUT2D eigenvalue weighted by molar-refractivity contribution is 5.88. The number of amides is 2. The molecular weight excluding hydrogens is 572 g/mol. The van der Waals surface area contributed by atoms with Gasteiger partial charge in [0.1, 0.15) is 11.8 Å². The molecule has 11 heteroatoms. The summed E-state index contributed by atoms with van der Waals surface area (Å²) in [6.45, 7) is 8.49. The van der Waals surface area contributed by atoms with E-state index in [1.807, 2.05) is 57.2 Å². The third kappa shape index (κ3) is 9.17. The monoisotopic (exact) mass is 620 g/mol. The van der Waals surface area contributed by atoms with Gasteiger partial charge in [0.25, 0.3) is 0 Å². The van der Waals surface area contributed by atoms with Gasteiger partial charge in [-0.15, -0.1) is 0 Å². The number of benzene rings is 1. The van der Waals surface area contributed by atoms with Crippen LogP contribution < -0.4 is 15.8 Å². The quantitative estimate of drug-likeness (QED) is 0.375. The van der Waals surface area contributed by atoms with E-state index < -0.39 is 11.6 Å². The molecule has 1 saturated heterocycles. The minimum absolute atomic E-state index is 0.0267. The number of nitrogens with one attached hydrogen (secondary N) is 1. The SMILES string of the molecule is CC(C)(C)OC[C@@H](NC(=O)CC[C@@H](C1CCCCC1)N1Cc2cc(Oc3ccccc3)ncc2N=C1N)C(=O)N1CCOCC1. The van der Waals surface area contributed by atoms with Crippen molar-refractivity contribution in [1.29, 1.82) is 0 Å². The molecule has 45 heavy (non-hydrogen) atoms. The first-order valence-corrected chi connectivity index (χ1v) is 16.3. The van der Waals surface area contributed by atoms with Crippen LogP contribution in [0.3, 0.4) is 0 Å². The number of hydrogen-bond acceptors (Lipinski definition) is 9. The van der Waals surface area contributed by atoms with E-state index in [-0.39, 0.29) is 30.9 Å². The van der Waals surface area contributed by atoms with Crippen molar-refractivity contribution in [1.82, 2.24) is 20.1 Å². The summed E-state index contributed by atoms with van der Waals surface area (Å²) in [5.41, 5.74) is 7.86. The molecule has 1 saturated carbocycles. The molecule has 2 amide bonds. The van der Waals surface area contributed by atoms with Gasteiger partial charge in [-0.05, 0) is 58.1 Å². The summed E-state index contributed by atoms with van der Waals surface area (Å²) in [5, 5.41) is 3.00. The number of nitrogens with two attached hydrogens (primary N) is 1. The highest BCUT2D eigenvalue weighted by atomic mass is 16.5. The van der Waals surface area contributed by atoms with Crippen molar-refractivity contribution in [2.45, 2.75) is 89.9 Å². The third-order valence-electron chi connectivity index (χ3n) is 8.68. The average molecular weight is 621 g/mol. The molecule has 1 aromatic heterocycles. The molecule has 244 valence electrons. The predicted molar refractivity (Wildman–Crippen MR) is 172 cm³/mol. The van der Waals surface area contributed by atoms with Crippen molar-refractivity contribution in [3.63, 3.8) is 0 Å². The van der Waals surface area contributed by atoms with Crippen LogP contribution in [0.25, 0.3) is 0 Å². The smallest absolute Gasteiger partial charge is 0.247 e. The van der Waals surface area contributed by atoms with Crippen molar-refractivity contribution in [3.8, 4) is 11.6 Å². The fourth-order valence-electron chi connectivity index (χ4n) is 6.32. The zero-order valence-electron chi connectivity index (χ0n) is 26.9. The molecule has 0 bridgehead atoms. The van der Waals surface area contributed by atoms with Crippen molar-refractivity contribution < 1.29 is 23.8 Å². The van der Waals surface area contributed by atoms with Gasteiger partial charge >= 0.3 is 0 Å². The maximum atomic E-state index is 13.5. The van der Waals surface area contributed by atoms with Crippen LogP contribution in [0.2, 0.25) is 0 Å². The molecule has 1 aliphatic carbocycles. The van der Waals surface area contributed by atoms with Crippen LogP contribution in [0.15, 0.2) is 47.6 Å². The Bertz CT molecular complexity index is 1320. The van der Waals surface area contributed by atoms with Gasteiger partial charge in [0.05, 0.1) is 37.3 Å². The molecule has 2 fully saturated rings. The van der Waals surface area contributed by atoms with Crippen LogP contribution in [0.5, 0.6) is 11.6 Å². The van der Waals surface area contributed by atoms with Crippen molar-refractivity contribution >= 4 is 23.5 Å². The Balaban J connectivity index is 1.28. The normalized spacial score (nSPS) is 18.9. The van der Waals surface area contributed by atoms with Crippen molar-refractivity contribution in [2.75, 3.05) is 32.9 Å². The second-order valence-electron chi connectivity index (χ2n) is 13.1. The number of para-hydroxylation sites is 1. The number of carbonyl (C=O) groups excluding carboxylic acids is 2. The van der Waals surface area contributed by atoms with Gasteiger partial charge in [0.15, 0.2) is 5.96 Å². The molecule has 5 rings (SSSR count). The Labute approximate surface area is 266 Å². The number of aliphatic imine (C=N–C) groups is 1. The highest BCUT2D eigenvalue weighted by Crippen LogP contribution is 2.36. The first-order chi connectivity index (χ1) is 21.7. The molecule has 0 radical (unpaired) electrons. The van der Waals surface area contributed by atoms with E-state index in [4.69, 9.17) is 24.9 Å². The lowest BCUT2D eigenvalue weighted by Gasteiger charge is -2.41. The molecule has 3 aliphatic rings. The Morgan fingerprint density at radius 1 is 1.11 bits per heavy atom. The van der Waals surface area contributed by atoms with Gasteiger partial charge in [0, 0.05) is 43.7 Å². The zero-order chi connectivity index (χ0) is 31.8. The lowest BCUT2D eigenvalue weighted by molar-refractivity contribution is -0.143. The van der Waals surface area contributed by atoms with Gasteiger partial charge in [-0.1, -0.05) is 37.5 Å². The molecule has 3 heterocycles. The number of pyridine rings is 1. The second-order valence-corrected chi connectivity index (χ2v) is 13.1. The fraction of sp³-hybridized carbons (Fsp3) is 0.588. The van der Waals surface area contributed by atoms with Crippen LogP contribution in [0.1, 0.15) is 71.3 Å². The molecule has 1 aromatic carbocycles. The lowest BCUT2D eigenvalue weighted by Crippen LogP contribution is -2.54. The number of morpholine rings is 1. The Morgan fingerprint density at radius 2 is 1.84 bits per heavy atom. The van der Waals surface area contributed by atoms with E-state index in [1.165, 1.54) is 6.42 Å². The number of nitrogens with zero attached hydrogens (tertiary/aromatic N) is 4. The summed E-state index contributed by atoms with van der Waals surface area (Å²) in [6.07, 6.45) is 8.27. The number of fused-ring (bicyclic) bond motifs is 1. The first-order valence-electron chi connectivity index (χ1n) is 16.3. The summed E-state index contributed by atoms with van der Waals surface area (Å²) in [6, 6.07) is 10.8. The number of rotatable bonds is 11. The maximum absolute atomic E-state index is 13.5. The van der Waals surface area contributed by atoms with E-state index in [1.54, 1.807) is 11.1 Å². The summed E-state index contributed by atoms with van der Waals surface area (Å²) in [5.74, 6) is 1.74. The third-order valence-corrected chi connectivity index (χ3v) is 8.68. The topological polar surface area (TPSA) is 132 Å². The van der Waals surface area contributed by atoms with Crippen LogP contribution in [-0.4, -0.2) is 83.2 Å². The molecule has 3 N–H and O–H groups in total. The van der Waals surface area contributed by atoms with E-state index in [9.17, 15) is 9.59 Å². The number of hydrogen-bond donors (Lipinski definition) is 2. The summed E-state index contributed by atoms with van der Waals surface area (Å²) >= 11 is 0. The first kappa shape index (κ1) is 32.7. The molecule has 0 unspecified atom stereocenters. The van der Waals surface area contributed by atoms with Crippen molar-refractivity contribution in [3.05, 3.63) is 48.2 Å². The van der Waals surface area contributed by atoms with Crippen LogP contribution in [-0.2, 0) is 25.6 Å². The molecular formula is C34H48N6O5. The second kappa shape index (κ2) is 15.1. The van der Waals surface area contributed by atoms with E-state index >= 15 is 0 Å². The van der Waals surface area contributed by atoms with Crippen LogP contribution >= 0.6 is 0 Å². The van der Waals surface area contributed by atoms with Crippen LogP contribution in [0, 0.1) is 5.92 Å². The summed E-state index contributed by atoms with van der Waals surface area (Å²) in [7, 11) is 0. The van der Waals surface area contributed by atoms with Gasteiger partial charge in [-0.3, -0.25) is 9.59 Å². The number of carbonyl (C=O) groups is 2. The summed E-state index contributed by atoms with van der Waals surface area (Å²) < 4.78 is 17.4. The Hall–Kier alpha value is -3.70. The van der Waals surface area contributed by atoms with E-state index in [2.05, 4.69) is 15.2 Å². The number of aromatic nitrogens is 1. The molecule has 2 aromatic rings. The van der Waals surface area contributed by atoms with E-state index in [0.717, 1.165) is 36.9 Å². The van der Waals surface area contributed by atoms with Gasteiger partial charge in [-0.2, -0.15) is 0 Å². The fourth-order valence-corrected chi connectivity index (χ4v) is 6.32. The lowest BCUT2D eigenvalue weighted by atomic mass is 9.81. The molecule has 2 atom stereocenters. The molecule has 2 aliphatic heterocycles. The Kier molecular flexibility index (Phi) is 10.9. The predicted octanol–water partition coefficient (Wildman–Crippen LogP) is 4.52. The van der Waals surface area contributed by atoms with Crippen LogP contribution in [0.4, 0.5) is 5.69 Å². The number of ether oxygens (including phenoxy) is 3. The minimum atomic E-state index is -0.757. The van der Waals surface area contributed by atoms with Gasteiger partial charge in [0.2, 0.25) is 17.7 Å². The van der Waals surface area contributed by atoms with Gasteiger partial charge < -0.3 is 35.1 Å². The van der Waals surface area contributed by atoms with Crippen molar-refractivity contribution in [2.24, 2.45) is 16.6 Å². The maximum Gasteiger partial charge on any atom is 0.247 e. The average Bonchev–Trinajstić information content (AvgIpc) is 3.04. The molecule has 11 nitrogen and oxygen atoms in total. The standard InChI is InChI=1S/C34H48N6O5/c1-34(2,3)44-23-28(32(42)39-16-18-43-19-17-39)37-30(41)15-14-29(24-10-6-4-7-11-24)40-22-25-20-31(36-21-27(25)38-33(40)35)45-26-12-8-5-9-13-26/h5,8-9,12-13,20-21,24,28-29H,4,6-7,10-11,14-19,22-23H2,1-3H3,(H2,35,38)(H,37,41)/t28-,29+/m1/s1. The molecule has 0 spiro atoms. The largest absolute Gasteiger partial charge is 0.439 e. The van der Waals surface area contributed by atoms with Gasteiger partial charge in [-0.25, -0.2) is 9.98 Å². The zero-order valence-corrected chi connectivity index (χ0v) is 26.9. The minimum Gasteiger partial charge on any atom is -0.439 e. The number of guanidine groups is 1. The highest BCUT2D eigenvalue weighted by Gasteiger charge is 2.34. The van der Waals surface area contributed by atoms with E-state index in [0.29, 0.717) is 62.8 Å². The Morgan fingerprint density at radius 3 is 2.56 bits per heavy atom.